The van der Waals surface area contributed by atoms with Crippen molar-refractivity contribution in [3.63, 3.8) is 0 Å². The van der Waals surface area contributed by atoms with E-state index in [0.717, 1.165) is 19.5 Å². The molecule has 1 aliphatic heterocycles. The Morgan fingerprint density at radius 3 is 2.94 bits per heavy atom. The van der Waals surface area contributed by atoms with Crippen LogP contribution in [-0.2, 0) is 9.53 Å². The van der Waals surface area contributed by atoms with Gasteiger partial charge in [0.15, 0.2) is 0 Å². The zero-order valence-electron chi connectivity index (χ0n) is 10.1. The van der Waals surface area contributed by atoms with Gasteiger partial charge in [-0.3, -0.25) is 4.79 Å². The van der Waals surface area contributed by atoms with Gasteiger partial charge in [0.05, 0.1) is 6.61 Å². The minimum atomic E-state index is 0. The van der Waals surface area contributed by atoms with Crippen molar-refractivity contribution < 1.29 is 9.53 Å². The maximum absolute atomic E-state index is 11.5. The number of piperidine rings is 1. The summed E-state index contributed by atoms with van der Waals surface area (Å²) in [7, 11) is 0. The number of carbonyl (C=O) groups is 1. The lowest BCUT2D eigenvalue weighted by Crippen LogP contribution is -2.50. The van der Waals surface area contributed by atoms with Crippen LogP contribution in [0, 0.1) is 5.92 Å². The van der Waals surface area contributed by atoms with E-state index in [-0.39, 0.29) is 24.4 Å². The van der Waals surface area contributed by atoms with E-state index in [9.17, 15) is 4.79 Å². The number of carbonyl (C=O) groups excluding carboxylic acids is 1. The van der Waals surface area contributed by atoms with E-state index in [1.165, 1.54) is 0 Å². The van der Waals surface area contributed by atoms with E-state index in [2.05, 4.69) is 17.6 Å². The van der Waals surface area contributed by atoms with Crippen LogP contribution in [-0.4, -0.2) is 38.3 Å². The maximum Gasteiger partial charge on any atom is 0.222 e. The molecule has 0 bridgehead atoms. The molecule has 2 atom stereocenters. The lowest BCUT2D eigenvalue weighted by molar-refractivity contribution is -0.123. The van der Waals surface area contributed by atoms with Gasteiger partial charge in [0.1, 0.15) is 0 Å². The largest absolute Gasteiger partial charge is 0.381 e. The van der Waals surface area contributed by atoms with Crippen LogP contribution in [0.25, 0.3) is 0 Å². The van der Waals surface area contributed by atoms with Crippen LogP contribution >= 0.6 is 12.4 Å². The van der Waals surface area contributed by atoms with Gasteiger partial charge in [-0.1, -0.05) is 6.92 Å². The standard InChI is InChI=1S/C11H22N2O2.ClH/c1-3-15-7-5-11(14)13-10-8-12-6-4-9(10)2;/h9-10,12H,3-8H2,1-2H3,(H,13,14);1H. The SMILES string of the molecule is CCOCCC(=O)NC1CNCCC1C.Cl. The molecule has 2 N–H and O–H groups in total. The normalized spacial score (nSPS) is 24.6. The number of rotatable bonds is 5. The average Bonchev–Trinajstić information content (AvgIpc) is 2.22. The molecule has 0 aromatic rings. The highest BCUT2D eigenvalue weighted by atomic mass is 35.5. The van der Waals surface area contributed by atoms with Gasteiger partial charge in [0, 0.05) is 25.6 Å². The summed E-state index contributed by atoms with van der Waals surface area (Å²) in [5.41, 5.74) is 0. The summed E-state index contributed by atoms with van der Waals surface area (Å²) in [5, 5.41) is 6.34. The molecule has 16 heavy (non-hydrogen) atoms. The van der Waals surface area contributed by atoms with Gasteiger partial charge in [-0.2, -0.15) is 0 Å². The molecule has 1 heterocycles. The second kappa shape index (κ2) is 8.79. The number of hydrogen-bond acceptors (Lipinski definition) is 3. The third-order valence-corrected chi connectivity index (χ3v) is 2.85. The molecule has 0 spiro atoms. The van der Waals surface area contributed by atoms with Gasteiger partial charge in [-0.25, -0.2) is 0 Å². The molecule has 96 valence electrons. The summed E-state index contributed by atoms with van der Waals surface area (Å²) >= 11 is 0. The molecule has 0 aliphatic carbocycles. The van der Waals surface area contributed by atoms with Gasteiger partial charge in [0.25, 0.3) is 0 Å². The van der Waals surface area contributed by atoms with E-state index in [4.69, 9.17) is 4.74 Å². The summed E-state index contributed by atoms with van der Waals surface area (Å²) < 4.78 is 5.14. The molecule has 0 aromatic heterocycles. The smallest absolute Gasteiger partial charge is 0.222 e. The zero-order chi connectivity index (χ0) is 11.1. The van der Waals surface area contributed by atoms with Crippen LogP contribution in [0.15, 0.2) is 0 Å². The van der Waals surface area contributed by atoms with E-state index in [1.54, 1.807) is 0 Å². The second-order valence-corrected chi connectivity index (χ2v) is 4.09. The summed E-state index contributed by atoms with van der Waals surface area (Å²) in [6.07, 6.45) is 1.60. The van der Waals surface area contributed by atoms with Crippen molar-refractivity contribution in [1.82, 2.24) is 10.6 Å². The van der Waals surface area contributed by atoms with Crippen molar-refractivity contribution in [2.75, 3.05) is 26.3 Å². The van der Waals surface area contributed by atoms with E-state index < -0.39 is 0 Å². The van der Waals surface area contributed by atoms with Crippen molar-refractivity contribution in [2.45, 2.75) is 32.7 Å². The first-order chi connectivity index (χ1) is 7.24. The first-order valence-corrected chi connectivity index (χ1v) is 5.82. The van der Waals surface area contributed by atoms with Gasteiger partial charge >= 0.3 is 0 Å². The van der Waals surface area contributed by atoms with E-state index in [0.29, 0.717) is 25.6 Å². The van der Waals surface area contributed by atoms with Crippen LogP contribution in [0.1, 0.15) is 26.7 Å². The van der Waals surface area contributed by atoms with Crippen molar-refractivity contribution in [1.29, 1.82) is 0 Å². The first kappa shape index (κ1) is 15.7. The number of ether oxygens (including phenoxy) is 1. The highest BCUT2D eigenvalue weighted by Gasteiger charge is 2.22. The molecule has 0 saturated carbocycles. The molecule has 1 amide bonds. The molecule has 2 unspecified atom stereocenters. The molecule has 1 rings (SSSR count). The quantitative estimate of drug-likeness (QED) is 0.715. The van der Waals surface area contributed by atoms with E-state index in [1.807, 2.05) is 6.92 Å². The maximum atomic E-state index is 11.5. The molecule has 0 aromatic carbocycles. The average molecular weight is 251 g/mol. The number of nitrogens with one attached hydrogen (secondary N) is 2. The van der Waals surface area contributed by atoms with Crippen molar-refractivity contribution in [3.8, 4) is 0 Å². The predicted octanol–water partition coefficient (Wildman–Crippen LogP) is 0.949. The summed E-state index contributed by atoms with van der Waals surface area (Å²) in [6, 6.07) is 0.285. The molecule has 1 saturated heterocycles. The minimum absolute atomic E-state index is 0. The Hall–Kier alpha value is -0.320. The highest BCUT2D eigenvalue weighted by Crippen LogP contribution is 2.11. The van der Waals surface area contributed by atoms with Gasteiger partial charge < -0.3 is 15.4 Å². The van der Waals surface area contributed by atoms with Gasteiger partial charge in [-0.15, -0.1) is 12.4 Å². The third-order valence-electron chi connectivity index (χ3n) is 2.85. The summed E-state index contributed by atoms with van der Waals surface area (Å²) in [6.45, 7) is 7.28. The van der Waals surface area contributed by atoms with Crippen LogP contribution in [0.5, 0.6) is 0 Å². The van der Waals surface area contributed by atoms with Crippen molar-refractivity contribution in [2.24, 2.45) is 5.92 Å². The fourth-order valence-electron chi connectivity index (χ4n) is 1.77. The third kappa shape index (κ3) is 5.68. The fraction of sp³-hybridized carbons (Fsp3) is 0.909. The number of amides is 1. The Bertz CT molecular complexity index is 202. The van der Waals surface area contributed by atoms with Gasteiger partial charge in [-0.05, 0) is 25.8 Å². The second-order valence-electron chi connectivity index (χ2n) is 4.09. The molecule has 0 radical (unpaired) electrons. The summed E-state index contributed by atoms with van der Waals surface area (Å²) in [4.78, 5) is 11.5. The lowest BCUT2D eigenvalue weighted by atomic mass is 9.95. The zero-order valence-corrected chi connectivity index (χ0v) is 10.9. The summed E-state index contributed by atoms with van der Waals surface area (Å²) in [5.74, 6) is 0.672. The van der Waals surface area contributed by atoms with Crippen molar-refractivity contribution in [3.05, 3.63) is 0 Å². The number of hydrogen-bond donors (Lipinski definition) is 2. The van der Waals surface area contributed by atoms with Crippen LogP contribution in [0.2, 0.25) is 0 Å². The van der Waals surface area contributed by atoms with Crippen LogP contribution in [0.4, 0.5) is 0 Å². The van der Waals surface area contributed by atoms with Crippen LogP contribution < -0.4 is 10.6 Å². The molecule has 1 fully saturated rings. The Balaban J connectivity index is 0.00000225. The Labute approximate surface area is 104 Å². The molecular formula is C11H23ClN2O2. The molecular weight excluding hydrogens is 228 g/mol. The molecule has 4 nitrogen and oxygen atoms in total. The van der Waals surface area contributed by atoms with Gasteiger partial charge in [0.2, 0.25) is 5.91 Å². The highest BCUT2D eigenvalue weighted by molar-refractivity contribution is 5.85. The molecule has 1 aliphatic rings. The molecule has 5 heteroatoms. The lowest BCUT2D eigenvalue weighted by Gasteiger charge is -2.30. The van der Waals surface area contributed by atoms with E-state index >= 15 is 0 Å². The topological polar surface area (TPSA) is 50.4 Å². The Morgan fingerprint density at radius 1 is 1.56 bits per heavy atom. The monoisotopic (exact) mass is 250 g/mol. The predicted molar refractivity (Wildman–Crippen MR) is 66.9 cm³/mol. The Kier molecular flexibility index (Phi) is 8.61. The number of halogens is 1. The minimum Gasteiger partial charge on any atom is -0.381 e. The Morgan fingerprint density at radius 2 is 2.31 bits per heavy atom. The first-order valence-electron chi connectivity index (χ1n) is 5.82. The van der Waals surface area contributed by atoms with Crippen LogP contribution in [0.3, 0.4) is 0 Å². The fourth-order valence-corrected chi connectivity index (χ4v) is 1.77. The van der Waals surface area contributed by atoms with Crippen molar-refractivity contribution >= 4 is 18.3 Å².